The maximum atomic E-state index is 6.53. The molecule has 0 aliphatic carbocycles. The molecule has 0 aliphatic rings. The highest BCUT2D eigenvalue weighted by Gasteiger charge is 2.19. The Morgan fingerprint density at radius 2 is 0.639 bits per heavy atom. The van der Waals surface area contributed by atoms with Crippen LogP contribution in [0.15, 0.2) is 229 Å². The van der Waals surface area contributed by atoms with Crippen molar-refractivity contribution in [2.24, 2.45) is 0 Å². The zero-order valence-corrected chi connectivity index (χ0v) is 33.1. The van der Waals surface area contributed by atoms with Crippen LogP contribution in [0.4, 0.5) is 0 Å². The SMILES string of the molecule is c1ccc(-c2cc(-c3ccccc3)cc(-c3ccc(-c4nc(-c5cccc(-c6ccccc6)c5)nc(-c5cccc6oc7cc(-c8ccccc8)ccc7c56)n4)cc3)c2)cc1. The minimum Gasteiger partial charge on any atom is -0.456 e. The van der Waals surface area contributed by atoms with E-state index in [-0.39, 0.29) is 0 Å². The Hall–Kier alpha value is -8.21. The second-order valence-electron chi connectivity index (χ2n) is 15.2. The molecule has 0 saturated heterocycles. The van der Waals surface area contributed by atoms with Gasteiger partial charge in [-0.15, -0.1) is 0 Å². The van der Waals surface area contributed by atoms with Crippen molar-refractivity contribution < 1.29 is 4.42 Å². The van der Waals surface area contributed by atoms with Gasteiger partial charge in [0.1, 0.15) is 11.2 Å². The first kappa shape index (κ1) is 35.9. The maximum absolute atomic E-state index is 6.53. The number of furan rings is 1. The molecule has 2 heterocycles. The van der Waals surface area contributed by atoms with E-state index in [0.29, 0.717) is 17.5 Å². The molecule has 286 valence electrons. The van der Waals surface area contributed by atoms with Gasteiger partial charge < -0.3 is 4.42 Å². The third kappa shape index (κ3) is 7.07. The molecule has 11 rings (SSSR count). The van der Waals surface area contributed by atoms with Crippen LogP contribution < -0.4 is 0 Å². The summed E-state index contributed by atoms with van der Waals surface area (Å²) in [6.07, 6.45) is 0. The standard InChI is InChI=1S/C57H37N3O/c1-5-15-38(16-6-1)44-23-13-24-46(33-44)56-58-55(59-57(60-56)51-25-14-26-52-54(51)50-32-31-45(37-53(50)61-52)39-17-7-2-8-18-39)43-29-27-42(28-30-43)49-35-47(40-19-9-3-10-20-40)34-48(36-49)41-21-11-4-12-22-41/h1-37H. The summed E-state index contributed by atoms with van der Waals surface area (Å²) in [5.74, 6) is 1.77. The highest BCUT2D eigenvalue weighted by atomic mass is 16.3. The Bertz CT molecular complexity index is 3270. The van der Waals surface area contributed by atoms with Crippen molar-refractivity contribution in [2.45, 2.75) is 0 Å². The van der Waals surface area contributed by atoms with Crippen molar-refractivity contribution in [1.82, 2.24) is 15.0 Å². The van der Waals surface area contributed by atoms with Gasteiger partial charge in [-0.25, -0.2) is 15.0 Å². The predicted octanol–water partition coefficient (Wildman–Crippen LogP) is 15.1. The van der Waals surface area contributed by atoms with Crippen LogP contribution in [0.25, 0.3) is 112 Å². The molecular formula is C57H37N3O. The van der Waals surface area contributed by atoms with Crippen LogP contribution in [-0.2, 0) is 0 Å². The molecule has 0 amide bonds. The highest BCUT2D eigenvalue weighted by Crippen LogP contribution is 2.39. The average molecular weight is 780 g/mol. The van der Waals surface area contributed by atoms with Gasteiger partial charge in [0.2, 0.25) is 0 Å². The number of fused-ring (bicyclic) bond motifs is 3. The van der Waals surface area contributed by atoms with Crippen molar-refractivity contribution in [3.8, 4) is 89.8 Å². The zero-order valence-electron chi connectivity index (χ0n) is 33.1. The van der Waals surface area contributed by atoms with E-state index in [2.05, 4.69) is 200 Å². The molecular weight excluding hydrogens is 743 g/mol. The fourth-order valence-corrected chi connectivity index (χ4v) is 8.25. The molecule has 2 aromatic heterocycles. The smallest absolute Gasteiger partial charge is 0.164 e. The summed E-state index contributed by atoms with van der Waals surface area (Å²) >= 11 is 0. The van der Waals surface area contributed by atoms with E-state index in [1.54, 1.807) is 0 Å². The number of aromatic nitrogens is 3. The Balaban J connectivity index is 1.05. The van der Waals surface area contributed by atoms with Crippen molar-refractivity contribution in [2.75, 3.05) is 0 Å². The number of hydrogen-bond donors (Lipinski definition) is 0. The van der Waals surface area contributed by atoms with E-state index >= 15 is 0 Å². The summed E-state index contributed by atoms with van der Waals surface area (Å²) < 4.78 is 6.53. The zero-order chi connectivity index (χ0) is 40.5. The lowest BCUT2D eigenvalue weighted by atomic mass is 9.93. The first-order valence-corrected chi connectivity index (χ1v) is 20.5. The fraction of sp³-hybridized carbons (Fsp3) is 0. The summed E-state index contributed by atoms with van der Waals surface area (Å²) in [5.41, 5.74) is 15.7. The lowest BCUT2D eigenvalue weighted by molar-refractivity contribution is 0.669. The minimum atomic E-state index is 0.581. The Morgan fingerprint density at radius 3 is 1.21 bits per heavy atom. The summed E-state index contributed by atoms with van der Waals surface area (Å²) in [6, 6.07) is 78.2. The fourth-order valence-electron chi connectivity index (χ4n) is 8.25. The summed E-state index contributed by atoms with van der Waals surface area (Å²) in [7, 11) is 0. The van der Waals surface area contributed by atoms with Crippen molar-refractivity contribution in [3.63, 3.8) is 0 Å². The van der Waals surface area contributed by atoms with Gasteiger partial charge in [-0.1, -0.05) is 182 Å². The van der Waals surface area contributed by atoms with Gasteiger partial charge in [-0.3, -0.25) is 0 Å². The van der Waals surface area contributed by atoms with Gasteiger partial charge in [0.15, 0.2) is 17.5 Å². The van der Waals surface area contributed by atoms with Crippen LogP contribution in [0, 0.1) is 0 Å². The van der Waals surface area contributed by atoms with Crippen LogP contribution in [0.3, 0.4) is 0 Å². The third-order valence-electron chi connectivity index (χ3n) is 11.3. The Morgan fingerprint density at radius 1 is 0.246 bits per heavy atom. The molecule has 0 radical (unpaired) electrons. The van der Waals surface area contributed by atoms with Crippen molar-refractivity contribution >= 4 is 21.9 Å². The molecule has 11 aromatic rings. The summed E-state index contributed by atoms with van der Waals surface area (Å²) in [4.78, 5) is 15.6. The van der Waals surface area contributed by atoms with Gasteiger partial charge in [-0.2, -0.15) is 0 Å². The highest BCUT2D eigenvalue weighted by molar-refractivity contribution is 6.12. The Kier molecular flexibility index (Phi) is 9.14. The van der Waals surface area contributed by atoms with Crippen LogP contribution in [-0.4, -0.2) is 15.0 Å². The second-order valence-corrected chi connectivity index (χ2v) is 15.2. The molecule has 61 heavy (non-hydrogen) atoms. The second kappa shape index (κ2) is 15.5. The number of benzene rings is 9. The molecule has 0 N–H and O–H groups in total. The molecule has 0 aliphatic heterocycles. The number of rotatable bonds is 8. The topological polar surface area (TPSA) is 51.8 Å². The van der Waals surface area contributed by atoms with Crippen molar-refractivity contribution in [1.29, 1.82) is 0 Å². The molecule has 0 spiro atoms. The third-order valence-corrected chi connectivity index (χ3v) is 11.3. The van der Waals surface area contributed by atoms with Gasteiger partial charge in [-0.05, 0) is 98.1 Å². The van der Waals surface area contributed by atoms with E-state index in [1.807, 2.05) is 24.3 Å². The predicted molar refractivity (Wildman–Crippen MR) is 251 cm³/mol. The van der Waals surface area contributed by atoms with E-state index in [9.17, 15) is 0 Å². The molecule has 0 saturated carbocycles. The van der Waals surface area contributed by atoms with E-state index < -0.39 is 0 Å². The van der Waals surface area contributed by atoms with E-state index in [0.717, 1.165) is 72.0 Å². The molecule has 4 heteroatoms. The molecule has 4 nitrogen and oxygen atoms in total. The number of nitrogens with zero attached hydrogens (tertiary/aromatic N) is 3. The average Bonchev–Trinajstić information content (AvgIpc) is 3.73. The van der Waals surface area contributed by atoms with Crippen LogP contribution in [0.5, 0.6) is 0 Å². The lowest BCUT2D eigenvalue weighted by Crippen LogP contribution is -2.00. The molecule has 0 unspecified atom stereocenters. The molecule has 0 atom stereocenters. The van der Waals surface area contributed by atoms with E-state index in [4.69, 9.17) is 19.4 Å². The molecule has 0 bridgehead atoms. The summed E-state index contributed by atoms with van der Waals surface area (Å²) in [6.45, 7) is 0. The minimum absolute atomic E-state index is 0.581. The quantitative estimate of drug-likeness (QED) is 0.154. The monoisotopic (exact) mass is 779 g/mol. The van der Waals surface area contributed by atoms with Gasteiger partial charge in [0.05, 0.1) is 0 Å². The normalized spacial score (nSPS) is 11.3. The maximum Gasteiger partial charge on any atom is 0.164 e. The van der Waals surface area contributed by atoms with E-state index in [1.165, 1.54) is 22.3 Å². The molecule has 9 aromatic carbocycles. The first-order chi connectivity index (χ1) is 30.2. The van der Waals surface area contributed by atoms with Crippen LogP contribution in [0.2, 0.25) is 0 Å². The van der Waals surface area contributed by atoms with Crippen LogP contribution >= 0.6 is 0 Å². The first-order valence-electron chi connectivity index (χ1n) is 20.5. The largest absolute Gasteiger partial charge is 0.456 e. The van der Waals surface area contributed by atoms with Gasteiger partial charge in [0, 0.05) is 27.5 Å². The van der Waals surface area contributed by atoms with Crippen LogP contribution in [0.1, 0.15) is 0 Å². The lowest BCUT2D eigenvalue weighted by Gasteiger charge is -2.12. The summed E-state index contributed by atoms with van der Waals surface area (Å²) in [5, 5.41) is 1.98. The van der Waals surface area contributed by atoms with Gasteiger partial charge in [0.25, 0.3) is 0 Å². The number of hydrogen-bond acceptors (Lipinski definition) is 4. The van der Waals surface area contributed by atoms with Gasteiger partial charge >= 0.3 is 0 Å². The molecule has 0 fully saturated rings. The van der Waals surface area contributed by atoms with Crippen molar-refractivity contribution in [3.05, 3.63) is 224 Å². The Labute approximate surface area is 354 Å².